The highest BCUT2D eigenvalue weighted by Crippen LogP contribution is 2.13. The Hall–Kier alpha value is -1.81. The van der Waals surface area contributed by atoms with E-state index in [9.17, 15) is 4.79 Å². The normalized spacial score (nSPS) is 10.2. The SMILES string of the molecule is Cc1cc(CC(=O)Nc2ccc(Cl)cc2)no1. The molecule has 0 spiro atoms. The van der Waals surface area contributed by atoms with Gasteiger partial charge >= 0.3 is 0 Å². The van der Waals surface area contributed by atoms with Gasteiger partial charge < -0.3 is 9.84 Å². The minimum Gasteiger partial charge on any atom is -0.361 e. The average Bonchev–Trinajstić information content (AvgIpc) is 2.67. The third kappa shape index (κ3) is 3.32. The molecule has 2 aromatic rings. The van der Waals surface area contributed by atoms with Gasteiger partial charge in [-0.3, -0.25) is 4.79 Å². The Balaban J connectivity index is 1.95. The van der Waals surface area contributed by atoms with Crippen molar-refractivity contribution in [3.05, 3.63) is 46.8 Å². The maximum Gasteiger partial charge on any atom is 0.230 e. The van der Waals surface area contributed by atoms with Gasteiger partial charge in [0.1, 0.15) is 5.76 Å². The highest BCUT2D eigenvalue weighted by molar-refractivity contribution is 6.30. The van der Waals surface area contributed by atoms with Gasteiger partial charge in [-0.2, -0.15) is 0 Å². The second kappa shape index (κ2) is 5.01. The van der Waals surface area contributed by atoms with Crippen LogP contribution in [0.4, 0.5) is 5.69 Å². The Bertz CT molecular complexity index is 520. The summed E-state index contributed by atoms with van der Waals surface area (Å²) in [4.78, 5) is 11.7. The summed E-state index contributed by atoms with van der Waals surface area (Å²) >= 11 is 5.75. The summed E-state index contributed by atoms with van der Waals surface area (Å²) in [6, 6.07) is 8.67. The summed E-state index contributed by atoms with van der Waals surface area (Å²) in [7, 11) is 0. The zero-order valence-electron chi connectivity index (χ0n) is 9.24. The van der Waals surface area contributed by atoms with Crippen molar-refractivity contribution in [3.63, 3.8) is 0 Å². The number of rotatable bonds is 3. The van der Waals surface area contributed by atoms with E-state index in [2.05, 4.69) is 10.5 Å². The predicted octanol–water partition coefficient (Wildman–Crippen LogP) is 2.82. The smallest absolute Gasteiger partial charge is 0.230 e. The van der Waals surface area contributed by atoms with Gasteiger partial charge in [0.2, 0.25) is 5.91 Å². The topological polar surface area (TPSA) is 55.1 Å². The second-order valence-corrected chi connectivity index (χ2v) is 4.10. The number of carbonyl (C=O) groups excluding carboxylic acids is 1. The fourth-order valence-corrected chi connectivity index (χ4v) is 1.53. The number of benzene rings is 1. The monoisotopic (exact) mass is 250 g/mol. The first-order valence-electron chi connectivity index (χ1n) is 5.11. The van der Waals surface area contributed by atoms with Gasteiger partial charge in [-0.15, -0.1) is 0 Å². The number of nitrogens with zero attached hydrogens (tertiary/aromatic N) is 1. The number of hydrogen-bond donors (Lipinski definition) is 1. The van der Waals surface area contributed by atoms with Crippen molar-refractivity contribution in [2.75, 3.05) is 5.32 Å². The lowest BCUT2D eigenvalue weighted by Gasteiger charge is -2.03. The Morgan fingerprint density at radius 2 is 2.12 bits per heavy atom. The van der Waals surface area contributed by atoms with Gasteiger partial charge in [-0.1, -0.05) is 16.8 Å². The zero-order chi connectivity index (χ0) is 12.3. The van der Waals surface area contributed by atoms with E-state index in [-0.39, 0.29) is 12.3 Å². The van der Waals surface area contributed by atoms with E-state index in [4.69, 9.17) is 16.1 Å². The van der Waals surface area contributed by atoms with Crippen molar-refractivity contribution in [2.24, 2.45) is 0 Å². The van der Waals surface area contributed by atoms with E-state index in [0.717, 1.165) is 0 Å². The molecule has 2 rings (SSSR count). The number of hydrogen-bond acceptors (Lipinski definition) is 3. The van der Waals surface area contributed by atoms with Crippen LogP contribution in [0.1, 0.15) is 11.5 Å². The summed E-state index contributed by atoms with van der Waals surface area (Å²) in [6.45, 7) is 1.79. The first-order valence-corrected chi connectivity index (χ1v) is 5.49. The Labute approximate surface area is 104 Å². The van der Waals surface area contributed by atoms with E-state index < -0.39 is 0 Å². The van der Waals surface area contributed by atoms with E-state index in [0.29, 0.717) is 22.2 Å². The Morgan fingerprint density at radius 1 is 1.41 bits per heavy atom. The zero-order valence-corrected chi connectivity index (χ0v) is 9.99. The summed E-state index contributed by atoms with van der Waals surface area (Å²) < 4.78 is 4.88. The molecule has 0 atom stereocenters. The van der Waals surface area contributed by atoms with Crippen LogP contribution >= 0.6 is 11.6 Å². The van der Waals surface area contributed by atoms with Crippen molar-refractivity contribution in [2.45, 2.75) is 13.3 Å². The maximum absolute atomic E-state index is 11.7. The van der Waals surface area contributed by atoms with Gasteiger partial charge in [0.25, 0.3) is 0 Å². The van der Waals surface area contributed by atoms with E-state index in [1.54, 1.807) is 37.3 Å². The van der Waals surface area contributed by atoms with Crippen molar-refractivity contribution >= 4 is 23.2 Å². The highest BCUT2D eigenvalue weighted by atomic mass is 35.5. The molecule has 0 fully saturated rings. The molecular formula is C12H11ClN2O2. The van der Waals surface area contributed by atoms with Crippen LogP contribution in [0.2, 0.25) is 5.02 Å². The van der Waals surface area contributed by atoms with Gasteiger partial charge in [0.05, 0.1) is 12.1 Å². The molecule has 1 heterocycles. The van der Waals surface area contributed by atoms with Crippen LogP contribution in [-0.4, -0.2) is 11.1 Å². The van der Waals surface area contributed by atoms with Gasteiger partial charge in [-0.25, -0.2) is 0 Å². The van der Waals surface area contributed by atoms with Crippen molar-refractivity contribution < 1.29 is 9.32 Å². The van der Waals surface area contributed by atoms with Gasteiger partial charge in [0.15, 0.2) is 0 Å². The van der Waals surface area contributed by atoms with Gasteiger partial charge in [-0.05, 0) is 31.2 Å². The molecule has 0 aliphatic rings. The van der Waals surface area contributed by atoms with Crippen LogP contribution in [0.15, 0.2) is 34.9 Å². The fourth-order valence-electron chi connectivity index (χ4n) is 1.40. The lowest BCUT2D eigenvalue weighted by Crippen LogP contribution is -2.14. The molecule has 5 heteroatoms. The van der Waals surface area contributed by atoms with Gasteiger partial charge in [0, 0.05) is 16.8 Å². The molecule has 0 saturated heterocycles. The van der Waals surface area contributed by atoms with Crippen LogP contribution in [-0.2, 0) is 11.2 Å². The third-order valence-electron chi connectivity index (χ3n) is 2.15. The van der Waals surface area contributed by atoms with Crippen molar-refractivity contribution in [1.29, 1.82) is 0 Å². The quantitative estimate of drug-likeness (QED) is 0.911. The summed E-state index contributed by atoms with van der Waals surface area (Å²) in [5, 5.41) is 7.14. The molecule has 0 aliphatic heterocycles. The molecule has 0 radical (unpaired) electrons. The minimum atomic E-state index is -0.138. The molecular weight excluding hydrogens is 240 g/mol. The fraction of sp³-hybridized carbons (Fsp3) is 0.167. The largest absolute Gasteiger partial charge is 0.361 e. The number of aryl methyl sites for hydroxylation is 1. The first-order chi connectivity index (χ1) is 8.13. The number of nitrogens with one attached hydrogen (secondary N) is 1. The lowest BCUT2D eigenvalue weighted by molar-refractivity contribution is -0.115. The number of aromatic nitrogens is 1. The summed E-state index contributed by atoms with van der Waals surface area (Å²) in [5.74, 6) is 0.555. The van der Waals surface area contributed by atoms with E-state index in [1.807, 2.05) is 0 Å². The molecule has 0 bridgehead atoms. The Kier molecular flexibility index (Phi) is 3.44. The molecule has 4 nitrogen and oxygen atoms in total. The number of anilines is 1. The minimum absolute atomic E-state index is 0.138. The number of amides is 1. The molecule has 1 aromatic carbocycles. The lowest BCUT2D eigenvalue weighted by atomic mass is 10.2. The number of halogens is 1. The van der Waals surface area contributed by atoms with Crippen LogP contribution in [0, 0.1) is 6.92 Å². The second-order valence-electron chi connectivity index (χ2n) is 3.66. The van der Waals surface area contributed by atoms with Crippen molar-refractivity contribution in [3.8, 4) is 0 Å². The molecule has 1 N–H and O–H groups in total. The summed E-state index contributed by atoms with van der Waals surface area (Å²) in [6.07, 6.45) is 0.194. The Morgan fingerprint density at radius 3 is 2.71 bits per heavy atom. The molecule has 17 heavy (non-hydrogen) atoms. The average molecular weight is 251 g/mol. The number of carbonyl (C=O) groups is 1. The molecule has 0 aliphatic carbocycles. The van der Waals surface area contributed by atoms with Crippen LogP contribution < -0.4 is 5.32 Å². The molecule has 88 valence electrons. The standard InChI is InChI=1S/C12H11ClN2O2/c1-8-6-11(15-17-8)7-12(16)14-10-4-2-9(13)3-5-10/h2-6H,7H2,1H3,(H,14,16). The van der Waals surface area contributed by atoms with Crippen LogP contribution in [0.5, 0.6) is 0 Å². The first kappa shape index (κ1) is 11.7. The van der Waals surface area contributed by atoms with Crippen molar-refractivity contribution in [1.82, 2.24) is 5.16 Å². The molecule has 1 amide bonds. The molecule has 1 aromatic heterocycles. The van der Waals surface area contributed by atoms with Crippen LogP contribution in [0.25, 0.3) is 0 Å². The third-order valence-corrected chi connectivity index (χ3v) is 2.40. The van der Waals surface area contributed by atoms with E-state index in [1.165, 1.54) is 0 Å². The highest BCUT2D eigenvalue weighted by Gasteiger charge is 2.07. The van der Waals surface area contributed by atoms with E-state index >= 15 is 0 Å². The maximum atomic E-state index is 11.7. The van der Waals surface area contributed by atoms with Crippen LogP contribution in [0.3, 0.4) is 0 Å². The predicted molar refractivity (Wildman–Crippen MR) is 65.0 cm³/mol. The summed E-state index contributed by atoms with van der Waals surface area (Å²) in [5.41, 5.74) is 1.33. The molecule has 0 saturated carbocycles. The molecule has 0 unspecified atom stereocenters.